The van der Waals surface area contributed by atoms with Crippen LogP contribution >= 0.6 is 11.6 Å². The number of aromatic nitrogens is 2. The van der Waals surface area contributed by atoms with Gasteiger partial charge in [-0.1, -0.05) is 23.7 Å². The number of hydrogen-bond acceptors (Lipinski definition) is 3. The second-order valence-corrected chi connectivity index (χ2v) is 7.90. The van der Waals surface area contributed by atoms with Gasteiger partial charge in [0.25, 0.3) is 0 Å². The van der Waals surface area contributed by atoms with Crippen molar-refractivity contribution in [2.45, 2.75) is 26.3 Å². The largest absolute Gasteiger partial charge is 0.495 e. The first kappa shape index (κ1) is 19.6. The molecular weight excluding hydrogens is 388 g/mol. The van der Waals surface area contributed by atoms with E-state index in [9.17, 15) is 4.79 Å². The fraction of sp³-hybridized carbons (Fsp3) is 0.364. The third-order valence-corrected chi connectivity index (χ3v) is 5.83. The number of anilines is 1. The Morgan fingerprint density at radius 1 is 1.24 bits per heavy atom. The number of amides is 2. The van der Waals surface area contributed by atoms with Crippen LogP contribution in [0.5, 0.6) is 5.75 Å². The van der Waals surface area contributed by atoms with E-state index in [1.165, 1.54) is 5.52 Å². The molecule has 1 fully saturated rings. The van der Waals surface area contributed by atoms with E-state index in [0.717, 1.165) is 43.8 Å². The summed E-state index contributed by atoms with van der Waals surface area (Å²) in [6, 6.07) is 13.3. The number of nitrogens with zero attached hydrogens (tertiary/aromatic N) is 3. The van der Waals surface area contributed by atoms with Crippen LogP contribution in [0.4, 0.5) is 10.5 Å². The number of benzene rings is 2. The summed E-state index contributed by atoms with van der Waals surface area (Å²) >= 11 is 6.06. The summed E-state index contributed by atoms with van der Waals surface area (Å²) in [7, 11) is 1.58. The van der Waals surface area contributed by atoms with Crippen LogP contribution in [-0.4, -0.2) is 40.7 Å². The maximum atomic E-state index is 12.7. The number of likely N-dealkylation sites (tertiary alicyclic amines) is 1. The predicted molar refractivity (Wildman–Crippen MR) is 116 cm³/mol. The van der Waals surface area contributed by atoms with Gasteiger partial charge in [-0.2, -0.15) is 0 Å². The average Bonchev–Trinajstić information content (AvgIpc) is 3.04. The summed E-state index contributed by atoms with van der Waals surface area (Å²) < 4.78 is 7.61. The Hall–Kier alpha value is -2.73. The van der Waals surface area contributed by atoms with Crippen molar-refractivity contribution in [2.24, 2.45) is 5.92 Å². The molecule has 1 aromatic heterocycles. The van der Waals surface area contributed by atoms with E-state index in [-0.39, 0.29) is 6.03 Å². The van der Waals surface area contributed by atoms with Gasteiger partial charge in [-0.05, 0) is 56.0 Å². The first-order chi connectivity index (χ1) is 14.0. The van der Waals surface area contributed by atoms with Crippen molar-refractivity contribution < 1.29 is 9.53 Å². The summed E-state index contributed by atoms with van der Waals surface area (Å²) in [5.41, 5.74) is 2.81. The summed E-state index contributed by atoms with van der Waals surface area (Å²) in [5.74, 6) is 2.16. The van der Waals surface area contributed by atoms with Crippen molar-refractivity contribution in [3.05, 3.63) is 53.3 Å². The Kier molecular flexibility index (Phi) is 5.62. The number of imidazole rings is 1. The second-order valence-electron chi connectivity index (χ2n) is 7.46. The van der Waals surface area contributed by atoms with Crippen LogP contribution in [0.15, 0.2) is 42.5 Å². The summed E-state index contributed by atoms with van der Waals surface area (Å²) in [6.45, 7) is 4.45. The van der Waals surface area contributed by atoms with Gasteiger partial charge in [0.05, 0.1) is 23.8 Å². The van der Waals surface area contributed by atoms with Crippen molar-refractivity contribution in [1.29, 1.82) is 0 Å². The molecule has 2 amide bonds. The van der Waals surface area contributed by atoms with E-state index in [4.69, 9.17) is 16.3 Å². The smallest absolute Gasteiger partial charge is 0.321 e. The van der Waals surface area contributed by atoms with Gasteiger partial charge in [-0.3, -0.25) is 0 Å². The molecule has 3 aromatic rings. The molecule has 0 bridgehead atoms. The second kappa shape index (κ2) is 8.33. The topological polar surface area (TPSA) is 59.4 Å². The number of rotatable bonds is 4. The number of aryl methyl sites for hydroxylation is 1. The zero-order valence-corrected chi connectivity index (χ0v) is 17.4. The predicted octanol–water partition coefficient (Wildman–Crippen LogP) is 4.95. The summed E-state index contributed by atoms with van der Waals surface area (Å²) in [4.78, 5) is 19.2. The number of piperidine rings is 1. The Labute approximate surface area is 175 Å². The number of nitrogens with one attached hydrogen (secondary N) is 1. The van der Waals surface area contributed by atoms with Crippen LogP contribution in [0, 0.1) is 12.8 Å². The summed E-state index contributed by atoms with van der Waals surface area (Å²) in [6.07, 6.45) is 1.93. The minimum atomic E-state index is -0.117. The first-order valence-corrected chi connectivity index (χ1v) is 10.2. The van der Waals surface area contributed by atoms with Gasteiger partial charge in [-0.15, -0.1) is 0 Å². The molecule has 152 valence electrons. The summed E-state index contributed by atoms with van der Waals surface area (Å²) in [5, 5.41) is 3.49. The molecule has 0 spiro atoms. The molecule has 0 radical (unpaired) electrons. The van der Waals surface area contributed by atoms with Gasteiger partial charge < -0.3 is 19.5 Å². The fourth-order valence-electron chi connectivity index (χ4n) is 3.98. The molecule has 2 heterocycles. The number of methoxy groups -OCH3 is 1. The Bertz CT molecular complexity index is 1020. The lowest BCUT2D eigenvalue weighted by Gasteiger charge is -2.32. The molecule has 29 heavy (non-hydrogen) atoms. The number of ether oxygens (including phenoxy) is 1. The van der Waals surface area contributed by atoms with Crippen LogP contribution in [0.25, 0.3) is 11.0 Å². The highest BCUT2D eigenvalue weighted by atomic mass is 35.5. The van der Waals surface area contributed by atoms with Crippen molar-refractivity contribution in [3.8, 4) is 5.75 Å². The van der Waals surface area contributed by atoms with Gasteiger partial charge in [0.1, 0.15) is 11.6 Å². The number of hydrogen-bond donors (Lipinski definition) is 1. The van der Waals surface area contributed by atoms with Crippen LogP contribution < -0.4 is 10.1 Å². The number of halogens is 1. The lowest BCUT2D eigenvalue weighted by atomic mass is 9.96. The van der Waals surface area contributed by atoms with E-state index >= 15 is 0 Å². The van der Waals surface area contributed by atoms with Crippen LogP contribution in [0.3, 0.4) is 0 Å². The highest BCUT2D eigenvalue weighted by molar-refractivity contribution is 6.31. The van der Waals surface area contributed by atoms with E-state index in [0.29, 0.717) is 22.4 Å². The molecule has 1 aliphatic rings. The molecule has 1 saturated heterocycles. The van der Waals surface area contributed by atoms with Crippen LogP contribution in [-0.2, 0) is 6.54 Å². The van der Waals surface area contributed by atoms with E-state index in [2.05, 4.69) is 40.0 Å². The lowest BCUT2D eigenvalue weighted by molar-refractivity contribution is 0.177. The molecule has 1 N–H and O–H groups in total. The average molecular weight is 413 g/mol. The van der Waals surface area contributed by atoms with Gasteiger partial charge >= 0.3 is 6.03 Å². The van der Waals surface area contributed by atoms with Gasteiger partial charge in [-0.25, -0.2) is 9.78 Å². The third kappa shape index (κ3) is 4.17. The highest BCUT2D eigenvalue weighted by Crippen LogP contribution is 2.29. The van der Waals surface area contributed by atoms with E-state index < -0.39 is 0 Å². The molecule has 0 saturated carbocycles. The van der Waals surface area contributed by atoms with Crippen LogP contribution in [0.2, 0.25) is 5.02 Å². The number of fused-ring (bicyclic) bond motifs is 1. The molecule has 4 rings (SSSR count). The normalized spacial score (nSPS) is 14.9. The zero-order valence-electron chi connectivity index (χ0n) is 16.7. The molecule has 0 atom stereocenters. The number of para-hydroxylation sites is 2. The Morgan fingerprint density at radius 2 is 2.00 bits per heavy atom. The Morgan fingerprint density at radius 3 is 2.76 bits per heavy atom. The molecule has 6 nitrogen and oxygen atoms in total. The molecule has 7 heteroatoms. The maximum Gasteiger partial charge on any atom is 0.321 e. The molecule has 1 aliphatic heterocycles. The molecule has 0 unspecified atom stereocenters. The molecule has 0 aliphatic carbocycles. The maximum absolute atomic E-state index is 12.7. The number of carbonyl (C=O) groups is 1. The minimum absolute atomic E-state index is 0.117. The lowest BCUT2D eigenvalue weighted by Crippen LogP contribution is -2.41. The van der Waals surface area contributed by atoms with E-state index in [1.807, 2.05) is 11.0 Å². The Balaban J connectivity index is 1.37. The van der Waals surface area contributed by atoms with Gasteiger partial charge in [0.2, 0.25) is 0 Å². The number of urea groups is 1. The molecule has 2 aromatic carbocycles. The van der Waals surface area contributed by atoms with Crippen LogP contribution in [0.1, 0.15) is 18.7 Å². The monoisotopic (exact) mass is 412 g/mol. The zero-order chi connectivity index (χ0) is 20.4. The fourth-order valence-corrected chi connectivity index (χ4v) is 4.15. The van der Waals surface area contributed by atoms with Crippen molar-refractivity contribution in [2.75, 3.05) is 25.5 Å². The van der Waals surface area contributed by atoms with Gasteiger partial charge in [0, 0.05) is 24.7 Å². The van der Waals surface area contributed by atoms with Gasteiger partial charge in [0.15, 0.2) is 0 Å². The van der Waals surface area contributed by atoms with Crippen molar-refractivity contribution in [1.82, 2.24) is 14.5 Å². The minimum Gasteiger partial charge on any atom is -0.495 e. The molecular formula is C22H25ClN4O2. The SMILES string of the molecule is COc1ccc(Cl)cc1NC(=O)N1CCC(Cn2c(C)nc3ccccc32)CC1. The standard InChI is InChI=1S/C22H25ClN4O2/c1-15-24-18-5-3-4-6-20(18)27(15)14-16-9-11-26(12-10-16)22(28)25-19-13-17(23)7-8-21(19)29-2/h3-8,13,16H,9-12,14H2,1-2H3,(H,25,28). The van der Waals surface area contributed by atoms with Crippen molar-refractivity contribution in [3.63, 3.8) is 0 Å². The highest BCUT2D eigenvalue weighted by Gasteiger charge is 2.24. The van der Waals surface area contributed by atoms with E-state index in [1.54, 1.807) is 25.3 Å². The third-order valence-electron chi connectivity index (χ3n) is 5.59. The van der Waals surface area contributed by atoms with Crippen molar-refractivity contribution >= 4 is 34.4 Å². The first-order valence-electron chi connectivity index (χ1n) is 9.86. The number of carbonyl (C=O) groups excluding carboxylic acids is 1. The quantitative estimate of drug-likeness (QED) is 0.659.